The Morgan fingerprint density at radius 2 is 2.00 bits per heavy atom. The Labute approximate surface area is 197 Å². The minimum atomic E-state index is -0.375. The highest BCUT2D eigenvalue weighted by Gasteiger charge is 2.32. The molecule has 33 heavy (non-hydrogen) atoms. The summed E-state index contributed by atoms with van der Waals surface area (Å²) >= 11 is 1.49. The average molecular weight is 474 g/mol. The third-order valence-electron chi connectivity index (χ3n) is 6.39. The Bertz CT molecular complexity index is 992. The Morgan fingerprint density at radius 3 is 2.67 bits per heavy atom. The fraction of sp³-hybridized carbons (Fsp3) is 0.542. The molecule has 1 saturated heterocycles. The number of esters is 1. The first-order chi connectivity index (χ1) is 16.0. The number of hydrogen-bond donors (Lipinski definition) is 1. The van der Waals surface area contributed by atoms with E-state index in [4.69, 9.17) is 9.15 Å². The predicted molar refractivity (Wildman–Crippen MR) is 125 cm³/mol. The molecule has 0 radical (unpaired) electrons. The first-order valence-electron chi connectivity index (χ1n) is 11.6. The lowest BCUT2D eigenvalue weighted by atomic mass is 9.95. The maximum absolute atomic E-state index is 13.5. The SMILES string of the molecule is CCOC(=O)c1c(NC(=O)N(Cc2ccco2)C2CCN(C(C)=O)CC2)sc2c1CCCC2. The van der Waals surface area contributed by atoms with E-state index < -0.39 is 0 Å². The van der Waals surface area contributed by atoms with Crippen LogP contribution in [0.4, 0.5) is 9.80 Å². The van der Waals surface area contributed by atoms with Crippen LogP contribution in [0.15, 0.2) is 22.8 Å². The van der Waals surface area contributed by atoms with E-state index in [2.05, 4.69) is 5.32 Å². The van der Waals surface area contributed by atoms with Gasteiger partial charge in [0.2, 0.25) is 5.91 Å². The van der Waals surface area contributed by atoms with Gasteiger partial charge in [-0.15, -0.1) is 11.3 Å². The summed E-state index contributed by atoms with van der Waals surface area (Å²) in [5.74, 6) is 0.369. The zero-order valence-corrected chi connectivity index (χ0v) is 20.0. The number of amides is 3. The van der Waals surface area contributed by atoms with Gasteiger partial charge in [-0.2, -0.15) is 0 Å². The molecule has 1 fully saturated rings. The van der Waals surface area contributed by atoms with Crippen LogP contribution in [0.2, 0.25) is 0 Å². The molecule has 9 heteroatoms. The highest BCUT2D eigenvalue weighted by molar-refractivity contribution is 7.17. The summed E-state index contributed by atoms with van der Waals surface area (Å²) in [6.45, 7) is 5.20. The van der Waals surface area contributed by atoms with Crippen molar-refractivity contribution in [3.8, 4) is 0 Å². The molecule has 0 bridgehead atoms. The highest BCUT2D eigenvalue weighted by atomic mass is 32.1. The Balaban J connectivity index is 1.57. The minimum Gasteiger partial charge on any atom is -0.467 e. The van der Waals surface area contributed by atoms with E-state index in [1.807, 2.05) is 11.0 Å². The van der Waals surface area contributed by atoms with Gasteiger partial charge in [-0.05, 0) is 63.1 Å². The second-order valence-corrected chi connectivity index (χ2v) is 9.62. The summed E-state index contributed by atoms with van der Waals surface area (Å²) < 4.78 is 10.8. The van der Waals surface area contributed by atoms with Crippen molar-refractivity contribution < 1.29 is 23.5 Å². The maximum Gasteiger partial charge on any atom is 0.341 e. The van der Waals surface area contributed by atoms with Gasteiger partial charge in [0.05, 0.1) is 25.0 Å². The molecule has 0 spiro atoms. The molecule has 3 heterocycles. The number of carbonyl (C=O) groups excluding carboxylic acids is 3. The molecule has 0 aromatic carbocycles. The van der Waals surface area contributed by atoms with Crippen molar-refractivity contribution in [3.05, 3.63) is 40.2 Å². The van der Waals surface area contributed by atoms with Crippen molar-refractivity contribution in [3.63, 3.8) is 0 Å². The molecule has 2 aromatic heterocycles. The van der Waals surface area contributed by atoms with E-state index in [0.717, 1.165) is 36.1 Å². The highest BCUT2D eigenvalue weighted by Crippen LogP contribution is 2.39. The first kappa shape index (κ1) is 23.4. The molecule has 0 unspecified atom stereocenters. The van der Waals surface area contributed by atoms with Gasteiger partial charge in [0.15, 0.2) is 0 Å². The second kappa shape index (κ2) is 10.4. The molecule has 3 amide bonds. The van der Waals surface area contributed by atoms with E-state index in [0.29, 0.717) is 48.8 Å². The Hall–Kier alpha value is -2.81. The Kier molecular flexibility index (Phi) is 7.37. The molecule has 0 saturated carbocycles. The Morgan fingerprint density at radius 1 is 1.24 bits per heavy atom. The van der Waals surface area contributed by atoms with Crippen molar-refractivity contribution in [2.75, 3.05) is 25.0 Å². The fourth-order valence-corrected chi connectivity index (χ4v) is 5.94. The van der Waals surface area contributed by atoms with Gasteiger partial charge in [-0.25, -0.2) is 9.59 Å². The van der Waals surface area contributed by atoms with Gasteiger partial charge < -0.3 is 19.0 Å². The molecular weight excluding hydrogens is 442 g/mol. The summed E-state index contributed by atoms with van der Waals surface area (Å²) in [6.07, 6.45) is 6.84. The largest absolute Gasteiger partial charge is 0.467 e. The van der Waals surface area contributed by atoms with Crippen molar-refractivity contribution in [1.29, 1.82) is 0 Å². The van der Waals surface area contributed by atoms with E-state index in [1.54, 1.807) is 31.1 Å². The minimum absolute atomic E-state index is 0.0358. The molecule has 8 nitrogen and oxygen atoms in total. The van der Waals surface area contributed by atoms with Gasteiger partial charge in [-0.1, -0.05) is 0 Å². The van der Waals surface area contributed by atoms with Crippen molar-refractivity contribution in [1.82, 2.24) is 9.80 Å². The number of likely N-dealkylation sites (tertiary alicyclic amines) is 1. The number of furan rings is 1. The van der Waals surface area contributed by atoms with Crippen LogP contribution in [0.3, 0.4) is 0 Å². The number of rotatable bonds is 6. The molecule has 0 atom stereocenters. The number of piperidine rings is 1. The zero-order valence-electron chi connectivity index (χ0n) is 19.2. The van der Waals surface area contributed by atoms with Gasteiger partial charge in [0, 0.05) is 30.9 Å². The zero-order chi connectivity index (χ0) is 23.4. The van der Waals surface area contributed by atoms with Gasteiger partial charge in [-0.3, -0.25) is 10.1 Å². The standard InChI is InChI=1S/C24H31N3O5S/c1-3-31-23(29)21-19-8-4-5-9-20(19)33-22(21)25-24(30)27(15-18-7-6-14-32-18)17-10-12-26(13-11-17)16(2)28/h6-7,14,17H,3-5,8-13,15H2,1-2H3,(H,25,30). The van der Waals surface area contributed by atoms with Crippen LogP contribution < -0.4 is 5.32 Å². The molecule has 2 aromatic rings. The molecule has 1 N–H and O–H groups in total. The fourth-order valence-electron chi connectivity index (χ4n) is 4.67. The van der Waals surface area contributed by atoms with E-state index in [1.165, 1.54) is 11.3 Å². The predicted octanol–water partition coefficient (Wildman–Crippen LogP) is 4.44. The molecule has 2 aliphatic rings. The van der Waals surface area contributed by atoms with Crippen LogP contribution in [0.25, 0.3) is 0 Å². The number of fused-ring (bicyclic) bond motifs is 1. The summed E-state index contributed by atoms with van der Waals surface area (Å²) in [6, 6.07) is 3.35. The van der Waals surface area contributed by atoms with Crippen LogP contribution in [-0.2, 0) is 28.9 Å². The topological polar surface area (TPSA) is 92.1 Å². The molecule has 1 aliphatic carbocycles. The molecular formula is C24H31N3O5S. The number of ether oxygens (including phenoxy) is 1. The lowest BCUT2D eigenvalue weighted by Gasteiger charge is -2.37. The third-order valence-corrected chi connectivity index (χ3v) is 7.60. The van der Waals surface area contributed by atoms with E-state index >= 15 is 0 Å². The van der Waals surface area contributed by atoms with Crippen molar-refractivity contribution >= 4 is 34.2 Å². The molecule has 1 aliphatic heterocycles. The second-order valence-electron chi connectivity index (χ2n) is 8.51. The van der Waals surface area contributed by atoms with Gasteiger partial charge in [0.25, 0.3) is 0 Å². The number of nitrogens with zero attached hydrogens (tertiary/aromatic N) is 2. The van der Waals surface area contributed by atoms with Gasteiger partial charge in [0.1, 0.15) is 10.8 Å². The number of hydrogen-bond acceptors (Lipinski definition) is 6. The number of aryl methyl sites for hydroxylation is 1. The number of thiophene rings is 1. The summed E-state index contributed by atoms with van der Waals surface area (Å²) in [5, 5.41) is 3.60. The van der Waals surface area contributed by atoms with Crippen LogP contribution in [0, 0.1) is 0 Å². The summed E-state index contributed by atoms with van der Waals surface area (Å²) in [5.41, 5.74) is 1.53. The van der Waals surface area contributed by atoms with Crippen LogP contribution in [0.1, 0.15) is 66.1 Å². The lowest BCUT2D eigenvalue weighted by molar-refractivity contribution is -0.130. The lowest BCUT2D eigenvalue weighted by Crippen LogP contribution is -2.49. The quantitative estimate of drug-likeness (QED) is 0.626. The first-order valence-corrected chi connectivity index (χ1v) is 12.5. The van der Waals surface area contributed by atoms with Crippen molar-refractivity contribution in [2.24, 2.45) is 0 Å². The number of urea groups is 1. The monoisotopic (exact) mass is 473 g/mol. The normalized spacial score (nSPS) is 16.2. The summed E-state index contributed by atoms with van der Waals surface area (Å²) in [7, 11) is 0. The van der Waals surface area contributed by atoms with E-state index in [9.17, 15) is 14.4 Å². The van der Waals surface area contributed by atoms with Gasteiger partial charge >= 0.3 is 12.0 Å². The van der Waals surface area contributed by atoms with Crippen molar-refractivity contribution in [2.45, 2.75) is 65.0 Å². The third kappa shape index (κ3) is 5.24. The molecule has 4 rings (SSSR count). The summed E-state index contributed by atoms with van der Waals surface area (Å²) in [4.78, 5) is 42.8. The van der Waals surface area contributed by atoms with Crippen LogP contribution >= 0.6 is 11.3 Å². The maximum atomic E-state index is 13.5. The average Bonchev–Trinajstić information content (AvgIpc) is 3.45. The number of anilines is 1. The van der Waals surface area contributed by atoms with E-state index in [-0.39, 0.29) is 30.6 Å². The smallest absolute Gasteiger partial charge is 0.341 e. The molecule has 178 valence electrons. The van der Waals surface area contributed by atoms with Crippen LogP contribution in [0.5, 0.6) is 0 Å². The van der Waals surface area contributed by atoms with Crippen LogP contribution in [-0.4, -0.2) is 53.4 Å². The number of carbonyl (C=O) groups is 3. The number of nitrogens with one attached hydrogen (secondary N) is 1.